The van der Waals surface area contributed by atoms with Gasteiger partial charge in [-0.1, -0.05) is 0 Å². The summed E-state index contributed by atoms with van der Waals surface area (Å²) in [5, 5.41) is 8.61. The van der Waals surface area contributed by atoms with Crippen LogP contribution in [-0.4, -0.2) is 14.7 Å². The Labute approximate surface area is 69.6 Å². The van der Waals surface area contributed by atoms with Crippen LogP contribution in [0.1, 0.15) is 0 Å². The molecule has 0 saturated heterocycles. The summed E-state index contributed by atoms with van der Waals surface area (Å²) in [6, 6.07) is 0. The van der Waals surface area contributed by atoms with Crippen molar-refractivity contribution in [2.75, 3.05) is 0 Å². The number of aliphatic hydroxyl groups excluding tert-OH is 1. The summed E-state index contributed by atoms with van der Waals surface area (Å²) in [4.78, 5) is 3.80. The fourth-order valence-corrected chi connectivity index (χ4v) is 0.669. The molecule has 0 fully saturated rings. The van der Waals surface area contributed by atoms with E-state index >= 15 is 0 Å². The minimum Gasteiger partial charge on any atom is -0.495 e. The Morgan fingerprint density at radius 2 is 2.17 bits per heavy atom. The molecule has 0 amide bonds. The van der Waals surface area contributed by atoms with Crippen molar-refractivity contribution in [3.63, 3.8) is 0 Å². The highest BCUT2D eigenvalue weighted by atomic mass is 16.3. The third kappa shape index (κ3) is 2.05. The van der Waals surface area contributed by atoms with Gasteiger partial charge in [-0.05, 0) is 6.08 Å². The number of nitrogens with zero attached hydrogens (tertiary/aromatic N) is 2. The van der Waals surface area contributed by atoms with Crippen molar-refractivity contribution in [1.29, 1.82) is 0 Å². The van der Waals surface area contributed by atoms with Crippen LogP contribution in [0, 0.1) is 0 Å². The average Bonchev–Trinajstić information content (AvgIpc) is 2.51. The highest BCUT2D eigenvalue weighted by molar-refractivity contribution is 5.43. The monoisotopic (exact) mass is 166 g/mol. The molecule has 0 aliphatic heterocycles. The normalized spacial score (nSPS) is 13.3. The summed E-state index contributed by atoms with van der Waals surface area (Å²) >= 11 is 0. The molecule has 64 valence electrons. The van der Waals surface area contributed by atoms with E-state index in [4.69, 9.17) is 16.6 Å². The van der Waals surface area contributed by atoms with Crippen LogP contribution in [0.3, 0.4) is 0 Å². The van der Waals surface area contributed by atoms with Crippen LogP contribution < -0.4 is 11.5 Å². The second kappa shape index (κ2) is 3.47. The predicted octanol–water partition coefficient (Wildman–Crippen LogP) is -0.00170. The van der Waals surface area contributed by atoms with Crippen LogP contribution >= 0.6 is 0 Å². The van der Waals surface area contributed by atoms with E-state index in [1.807, 2.05) is 0 Å². The smallest absolute Gasteiger partial charge is 0.181 e. The van der Waals surface area contributed by atoms with Crippen molar-refractivity contribution < 1.29 is 5.11 Å². The molecule has 0 unspecified atom stereocenters. The van der Waals surface area contributed by atoms with Gasteiger partial charge in [0.2, 0.25) is 0 Å². The lowest BCUT2D eigenvalue weighted by atomic mass is 10.5. The Balaban J connectivity index is 2.78. The van der Waals surface area contributed by atoms with Crippen molar-refractivity contribution in [2.45, 2.75) is 0 Å². The summed E-state index contributed by atoms with van der Waals surface area (Å²) < 4.78 is 1.60. The van der Waals surface area contributed by atoms with Crippen LogP contribution in [0.2, 0.25) is 0 Å². The number of hydrogen-bond donors (Lipinski definition) is 3. The molecule has 5 heteroatoms. The predicted molar refractivity (Wildman–Crippen MR) is 45.6 cm³/mol. The van der Waals surface area contributed by atoms with Gasteiger partial charge in [-0.2, -0.15) is 0 Å². The molecule has 0 aliphatic rings. The molecule has 1 aromatic rings. The Kier molecular flexibility index (Phi) is 2.37. The fourth-order valence-electron chi connectivity index (χ4n) is 0.669. The van der Waals surface area contributed by atoms with Gasteiger partial charge in [0.15, 0.2) is 5.88 Å². The van der Waals surface area contributed by atoms with Crippen LogP contribution in [0.25, 0.3) is 5.82 Å². The first-order chi connectivity index (χ1) is 5.70. The molecule has 0 aromatic carbocycles. The third-order valence-electron chi connectivity index (χ3n) is 1.23. The number of aromatic nitrogens is 2. The van der Waals surface area contributed by atoms with Crippen LogP contribution in [0.4, 0.5) is 0 Å². The molecule has 0 spiro atoms. The zero-order valence-electron chi connectivity index (χ0n) is 6.38. The minimum atomic E-state index is -0.280. The van der Waals surface area contributed by atoms with Crippen molar-refractivity contribution in [3.05, 3.63) is 36.8 Å². The van der Waals surface area contributed by atoms with Gasteiger partial charge in [-0.3, -0.25) is 4.57 Å². The Morgan fingerprint density at radius 3 is 2.67 bits per heavy atom. The van der Waals surface area contributed by atoms with E-state index in [1.54, 1.807) is 23.3 Å². The van der Waals surface area contributed by atoms with Gasteiger partial charge < -0.3 is 16.6 Å². The highest BCUT2D eigenvalue weighted by Crippen LogP contribution is 1.95. The fraction of sp³-hybridized carbons (Fsp3) is 0. The Bertz CT molecular complexity index is 295. The largest absolute Gasteiger partial charge is 0.495 e. The quantitative estimate of drug-likeness (QED) is 0.426. The molecular weight excluding hydrogens is 156 g/mol. The van der Waals surface area contributed by atoms with Gasteiger partial charge in [0.05, 0.1) is 0 Å². The molecule has 0 saturated carbocycles. The van der Waals surface area contributed by atoms with Crippen molar-refractivity contribution in [3.8, 4) is 0 Å². The van der Waals surface area contributed by atoms with Gasteiger partial charge in [0, 0.05) is 18.5 Å². The summed E-state index contributed by atoms with van der Waals surface area (Å²) in [7, 11) is 0. The van der Waals surface area contributed by atoms with Gasteiger partial charge in [-0.15, -0.1) is 0 Å². The van der Waals surface area contributed by atoms with Crippen molar-refractivity contribution in [1.82, 2.24) is 9.55 Å². The summed E-state index contributed by atoms with van der Waals surface area (Å²) in [5.41, 5.74) is 10.5. The van der Waals surface area contributed by atoms with E-state index in [0.717, 1.165) is 0 Å². The lowest BCUT2D eigenvalue weighted by Crippen LogP contribution is -2.03. The van der Waals surface area contributed by atoms with E-state index in [1.165, 1.54) is 12.2 Å². The summed E-state index contributed by atoms with van der Waals surface area (Å²) in [6.45, 7) is 0. The number of imidazole rings is 1. The molecule has 0 bridgehead atoms. The molecule has 5 N–H and O–H groups in total. The van der Waals surface area contributed by atoms with Gasteiger partial charge in [-0.25, -0.2) is 4.98 Å². The number of nitrogens with two attached hydrogens (primary N) is 2. The van der Waals surface area contributed by atoms with Crippen LogP contribution in [0.15, 0.2) is 36.8 Å². The van der Waals surface area contributed by atoms with Gasteiger partial charge in [0.25, 0.3) is 0 Å². The standard InChI is InChI=1S/C7H10N4O/c8-6(1-2-7(9)12)11-4-3-10-5-11/h1-5,12H,8-9H2/b6-1+,7-2+. The number of aliphatic hydroxyl groups is 1. The number of rotatable bonds is 2. The zero-order valence-corrected chi connectivity index (χ0v) is 6.38. The second-order valence-corrected chi connectivity index (χ2v) is 2.15. The van der Waals surface area contributed by atoms with Crippen LogP contribution in [-0.2, 0) is 0 Å². The molecule has 0 atom stereocenters. The van der Waals surface area contributed by atoms with E-state index in [9.17, 15) is 0 Å². The Hall–Kier alpha value is -1.91. The second-order valence-electron chi connectivity index (χ2n) is 2.15. The van der Waals surface area contributed by atoms with Crippen LogP contribution in [0.5, 0.6) is 0 Å². The lowest BCUT2D eigenvalue weighted by molar-refractivity contribution is 0.406. The van der Waals surface area contributed by atoms with E-state index in [-0.39, 0.29) is 5.88 Å². The average molecular weight is 166 g/mol. The first kappa shape index (κ1) is 8.19. The Morgan fingerprint density at radius 1 is 1.42 bits per heavy atom. The summed E-state index contributed by atoms with van der Waals surface area (Å²) in [6.07, 6.45) is 7.62. The maximum atomic E-state index is 8.61. The first-order valence-electron chi connectivity index (χ1n) is 3.30. The molecule has 0 aliphatic carbocycles. The molecular formula is C7H10N4O. The minimum absolute atomic E-state index is 0.280. The van der Waals surface area contributed by atoms with Crippen molar-refractivity contribution in [2.24, 2.45) is 11.5 Å². The lowest BCUT2D eigenvalue weighted by Gasteiger charge is -1.98. The SMILES string of the molecule is N/C(O)=C\C=C(/N)n1ccnc1. The maximum absolute atomic E-state index is 8.61. The molecule has 12 heavy (non-hydrogen) atoms. The van der Waals surface area contributed by atoms with E-state index in [0.29, 0.717) is 5.82 Å². The number of allylic oxidation sites excluding steroid dienone is 2. The molecule has 5 nitrogen and oxygen atoms in total. The van der Waals surface area contributed by atoms with Crippen molar-refractivity contribution >= 4 is 5.82 Å². The molecule has 0 radical (unpaired) electrons. The zero-order chi connectivity index (χ0) is 8.97. The van der Waals surface area contributed by atoms with E-state index < -0.39 is 0 Å². The summed E-state index contributed by atoms with van der Waals surface area (Å²) in [5.74, 6) is 0.155. The third-order valence-corrected chi connectivity index (χ3v) is 1.23. The highest BCUT2D eigenvalue weighted by Gasteiger charge is 1.89. The molecule has 1 rings (SSSR count). The van der Waals surface area contributed by atoms with E-state index in [2.05, 4.69) is 4.98 Å². The molecule has 1 aromatic heterocycles. The maximum Gasteiger partial charge on any atom is 0.181 e. The first-order valence-corrected chi connectivity index (χ1v) is 3.30. The topological polar surface area (TPSA) is 90.1 Å². The van der Waals surface area contributed by atoms with Gasteiger partial charge >= 0.3 is 0 Å². The molecule has 1 heterocycles. The number of hydrogen-bond acceptors (Lipinski definition) is 4. The van der Waals surface area contributed by atoms with Gasteiger partial charge in [0.1, 0.15) is 12.1 Å².